The van der Waals surface area contributed by atoms with Gasteiger partial charge in [0.15, 0.2) is 5.82 Å². The van der Waals surface area contributed by atoms with Crippen LogP contribution < -0.4 is 10.6 Å². The van der Waals surface area contributed by atoms with E-state index in [4.69, 9.17) is 23.2 Å². The quantitative estimate of drug-likeness (QED) is 0.258. The molecule has 0 saturated heterocycles. The number of carbonyl (C=O) groups excluding carboxylic acids is 1. The topological polar surface area (TPSA) is 82.2 Å². The average Bonchev–Trinajstić information content (AvgIpc) is 3.04. The predicted octanol–water partition coefficient (Wildman–Crippen LogP) is 5.71. The predicted molar refractivity (Wildman–Crippen MR) is 109 cm³/mol. The Balaban J connectivity index is 1.96. The highest BCUT2D eigenvalue weighted by Crippen LogP contribution is 2.33. The van der Waals surface area contributed by atoms with Crippen LogP contribution in [0.4, 0.5) is 29.1 Å². The Morgan fingerprint density at radius 2 is 1.90 bits per heavy atom. The molecule has 31 heavy (non-hydrogen) atoms. The first-order valence-electron chi connectivity index (χ1n) is 8.54. The van der Waals surface area contributed by atoms with E-state index in [1.165, 1.54) is 25.1 Å². The van der Waals surface area contributed by atoms with Gasteiger partial charge >= 0.3 is 6.18 Å². The Bertz CT molecular complexity index is 1160. The van der Waals surface area contributed by atoms with Gasteiger partial charge in [0.2, 0.25) is 5.96 Å². The number of nitrogens with one attached hydrogen (secondary N) is 3. The summed E-state index contributed by atoms with van der Waals surface area (Å²) < 4.78 is 52.8. The normalized spacial score (nSPS) is 12.0. The van der Waals surface area contributed by atoms with Crippen molar-refractivity contribution in [3.63, 3.8) is 0 Å². The van der Waals surface area contributed by atoms with Gasteiger partial charge in [-0.2, -0.15) is 23.3 Å². The number of hydrogen-bond acceptors (Lipinski definition) is 3. The van der Waals surface area contributed by atoms with Gasteiger partial charge in [0, 0.05) is 21.8 Å². The average molecular weight is 474 g/mol. The van der Waals surface area contributed by atoms with E-state index in [2.05, 4.69) is 20.7 Å². The summed E-state index contributed by atoms with van der Waals surface area (Å²) in [7, 11) is 0. The van der Waals surface area contributed by atoms with Gasteiger partial charge in [-0.05, 0) is 43.3 Å². The van der Waals surface area contributed by atoms with Gasteiger partial charge in [0.05, 0.1) is 5.02 Å². The highest BCUT2D eigenvalue weighted by atomic mass is 35.5. The highest BCUT2D eigenvalue weighted by molar-refractivity contribution is 6.31. The molecule has 3 N–H and O–H groups in total. The Hall–Kier alpha value is -3.11. The fourth-order valence-electron chi connectivity index (χ4n) is 2.49. The number of guanidine groups is 1. The molecule has 0 radical (unpaired) electrons. The number of nitrogens with zero attached hydrogens (tertiary/aromatic N) is 2. The smallest absolute Gasteiger partial charge is 0.326 e. The van der Waals surface area contributed by atoms with Gasteiger partial charge in [-0.3, -0.25) is 15.2 Å². The number of hydrogen-bond donors (Lipinski definition) is 3. The third kappa shape index (κ3) is 5.53. The number of rotatable bonds is 3. The van der Waals surface area contributed by atoms with Crippen molar-refractivity contribution in [3.8, 4) is 0 Å². The van der Waals surface area contributed by atoms with Crippen molar-refractivity contribution >= 4 is 46.6 Å². The van der Waals surface area contributed by atoms with E-state index in [0.717, 1.165) is 6.07 Å². The lowest BCUT2D eigenvalue weighted by molar-refractivity contribution is -0.141. The van der Waals surface area contributed by atoms with Crippen molar-refractivity contribution in [3.05, 3.63) is 75.1 Å². The van der Waals surface area contributed by atoms with Crippen LogP contribution in [0.3, 0.4) is 0 Å². The number of H-pyrrole nitrogens is 1. The fraction of sp³-hybridized carbons (Fsp3) is 0.105. The first-order chi connectivity index (χ1) is 14.5. The minimum Gasteiger partial charge on any atom is -0.326 e. The molecule has 0 bridgehead atoms. The monoisotopic (exact) mass is 473 g/mol. The maximum atomic E-state index is 13.7. The molecule has 1 heterocycles. The number of aliphatic imine (C=N–C) groups is 1. The molecule has 1 aromatic heterocycles. The summed E-state index contributed by atoms with van der Waals surface area (Å²) in [5.41, 5.74) is -1.04. The van der Waals surface area contributed by atoms with E-state index in [1.54, 1.807) is 18.2 Å². The first-order valence-corrected chi connectivity index (χ1v) is 9.30. The van der Waals surface area contributed by atoms with Crippen LogP contribution in [0.25, 0.3) is 0 Å². The SMILES string of the molecule is Cc1c(N=C(NC(=O)c2ccc(Cl)c(F)c2)Nc2cccc(Cl)c2)n[nH]c1C(F)(F)F. The number of benzene rings is 2. The summed E-state index contributed by atoms with van der Waals surface area (Å²) in [6.07, 6.45) is -4.66. The standard InChI is InChI=1S/C19H13Cl2F4N5O/c1-9-15(19(23,24)25)29-30-16(9)27-18(26-12-4-2-3-11(20)8-12)28-17(31)10-5-6-13(21)14(22)7-10/h2-8H,1H3,(H3,26,27,28,29,30,31). The van der Waals surface area contributed by atoms with Crippen molar-refractivity contribution in [1.29, 1.82) is 0 Å². The second kappa shape index (κ2) is 8.94. The largest absolute Gasteiger partial charge is 0.433 e. The van der Waals surface area contributed by atoms with Crippen LogP contribution in [0.5, 0.6) is 0 Å². The number of aromatic nitrogens is 2. The molecule has 12 heteroatoms. The van der Waals surface area contributed by atoms with E-state index in [-0.39, 0.29) is 27.9 Å². The molecule has 0 aliphatic heterocycles. The van der Waals surface area contributed by atoms with Crippen molar-refractivity contribution in [2.75, 3.05) is 5.32 Å². The van der Waals surface area contributed by atoms with E-state index in [0.29, 0.717) is 10.7 Å². The van der Waals surface area contributed by atoms with Gasteiger partial charge in [-0.25, -0.2) is 4.39 Å². The van der Waals surface area contributed by atoms with Crippen LogP contribution in [0, 0.1) is 12.7 Å². The molecule has 0 aliphatic carbocycles. The molecule has 162 valence electrons. The zero-order valence-electron chi connectivity index (χ0n) is 15.6. The number of halogens is 6. The molecular formula is C19H13Cl2F4N5O. The fourth-order valence-corrected chi connectivity index (χ4v) is 2.79. The van der Waals surface area contributed by atoms with Crippen LogP contribution in [-0.4, -0.2) is 22.1 Å². The number of amides is 1. The zero-order chi connectivity index (χ0) is 22.8. The van der Waals surface area contributed by atoms with Gasteiger partial charge in [0.25, 0.3) is 5.91 Å². The Morgan fingerprint density at radius 3 is 2.52 bits per heavy atom. The molecule has 0 atom stereocenters. The molecule has 6 nitrogen and oxygen atoms in total. The third-order valence-corrected chi connectivity index (χ3v) is 4.53. The second-order valence-electron chi connectivity index (χ2n) is 6.22. The molecular weight excluding hydrogens is 461 g/mol. The molecule has 1 amide bonds. The van der Waals surface area contributed by atoms with Crippen molar-refractivity contribution in [1.82, 2.24) is 15.5 Å². The summed E-state index contributed by atoms with van der Waals surface area (Å²) in [5.74, 6) is -2.16. The maximum Gasteiger partial charge on any atom is 0.433 e. The third-order valence-electron chi connectivity index (χ3n) is 3.99. The van der Waals surface area contributed by atoms with E-state index in [1.807, 2.05) is 5.10 Å². The molecule has 0 fully saturated rings. The Labute approximate surface area is 183 Å². The number of alkyl halides is 3. The van der Waals surface area contributed by atoms with Crippen LogP contribution in [0.15, 0.2) is 47.5 Å². The van der Waals surface area contributed by atoms with E-state index >= 15 is 0 Å². The summed E-state index contributed by atoms with van der Waals surface area (Å²) in [6, 6.07) is 9.69. The highest BCUT2D eigenvalue weighted by Gasteiger charge is 2.36. The summed E-state index contributed by atoms with van der Waals surface area (Å²) in [5, 5.41) is 10.8. The summed E-state index contributed by atoms with van der Waals surface area (Å²) in [6.45, 7) is 1.18. The van der Waals surface area contributed by atoms with Gasteiger partial charge in [-0.1, -0.05) is 29.3 Å². The number of aromatic amines is 1. The minimum atomic E-state index is -4.66. The van der Waals surface area contributed by atoms with Gasteiger partial charge < -0.3 is 5.32 Å². The molecule has 0 spiro atoms. The summed E-state index contributed by atoms with van der Waals surface area (Å²) >= 11 is 11.6. The second-order valence-corrected chi connectivity index (χ2v) is 7.07. The molecule has 0 aliphatic rings. The first kappa shape index (κ1) is 22.6. The van der Waals surface area contributed by atoms with Crippen molar-refractivity contribution in [2.45, 2.75) is 13.1 Å². The van der Waals surface area contributed by atoms with Crippen molar-refractivity contribution < 1.29 is 22.4 Å². The maximum absolute atomic E-state index is 13.7. The Kier molecular flexibility index (Phi) is 6.51. The number of anilines is 1. The molecule has 0 saturated carbocycles. The lowest BCUT2D eigenvalue weighted by Gasteiger charge is -2.12. The van der Waals surface area contributed by atoms with Crippen molar-refractivity contribution in [2.24, 2.45) is 4.99 Å². The lowest BCUT2D eigenvalue weighted by atomic mass is 10.2. The molecule has 3 aromatic rings. The molecule has 3 rings (SSSR count). The lowest BCUT2D eigenvalue weighted by Crippen LogP contribution is -2.36. The van der Waals surface area contributed by atoms with Gasteiger partial charge in [0.1, 0.15) is 11.5 Å². The van der Waals surface area contributed by atoms with E-state index in [9.17, 15) is 22.4 Å². The Morgan fingerprint density at radius 1 is 1.16 bits per heavy atom. The number of carbonyl (C=O) groups is 1. The van der Waals surface area contributed by atoms with Crippen LogP contribution >= 0.6 is 23.2 Å². The molecule has 0 unspecified atom stereocenters. The van der Waals surface area contributed by atoms with Crippen LogP contribution in [0.2, 0.25) is 10.0 Å². The van der Waals surface area contributed by atoms with Gasteiger partial charge in [-0.15, -0.1) is 0 Å². The zero-order valence-corrected chi connectivity index (χ0v) is 17.1. The van der Waals surface area contributed by atoms with Crippen LogP contribution in [-0.2, 0) is 6.18 Å². The van der Waals surface area contributed by atoms with Crippen LogP contribution in [0.1, 0.15) is 21.6 Å². The minimum absolute atomic E-state index is 0.0859. The van der Waals surface area contributed by atoms with E-state index < -0.39 is 23.6 Å². The summed E-state index contributed by atoms with van der Waals surface area (Å²) in [4.78, 5) is 16.5. The molecule has 2 aromatic carbocycles.